The van der Waals surface area contributed by atoms with Gasteiger partial charge in [0.1, 0.15) is 12.4 Å². The van der Waals surface area contributed by atoms with Gasteiger partial charge >= 0.3 is 0 Å². The third-order valence-corrected chi connectivity index (χ3v) is 1.94. The summed E-state index contributed by atoms with van der Waals surface area (Å²) in [5, 5.41) is 0. The Morgan fingerprint density at radius 2 is 2.08 bits per heavy atom. The quantitative estimate of drug-likeness (QED) is 0.757. The van der Waals surface area contributed by atoms with E-state index < -0.39 is 0 Å². The molecule has 0 amide bonds. The van der Waals surface area contributed by atoms with E-state index in [2.05, 4.69) is 9.97 Å². The second kappa shape index (κ2) is 4.18. The maximum atomic E-state index is 5.72. The number of aromatic nitrogens is 2. The lowest BCUT2D eigenvalue weighted by atomic mass is 10.2. The molecule has 1 rings (SSSR count). The molecule has 0 aromatic carbocycles. The molecule has 0 aliphatic rings. The predicted molar refractivity (Wildman–Crippen MR) is 51.3 cm³/mol. The van der Waals surface area contributed by atoms with Crippen molar-refractivity contribution in [1.29, 1.82) is 0 Å². The fraction of sp³-hybridized carbons (Fsp3) is 0.556. The van der Waals surface area contributed by atoms with Crippen molar-refractivity contribution in [3.05, 3.63) is 17.1 Å². The van der Waals surface area contributed by atoms with Gasteiger partial charge in [-0.25, -0.2) is 9.97 Å². The normalized spacial score (nSPS) is 10.4. The molecule has 72 valence electrons. The van der Waals surface area contributed by atoms with Crippen molar-refractivity contribution in [2.45, 2.75) is 26.9 Å². The molecule has 0 fully saturated rings. The zero-order valence-corrected chi connectivity index (χ0v) is 8.29. The zero-order valence-electron chi connectivity index (χ0n) is 8.29. The lowest BCUT2D eigenvalue weighted by molar-refractivity contribution is 0.177. The Kier molecular flexibility index (Phi) is 3.19. The fourth-order valence-electron chi connectivity index (χ4n) is 1.17. The summed E-state index contributed by atoms with van der Waals surface area (Å²) in [6, 6.07) is 0. The SMILES string of the molecule is CCc1nc(COC)nc(N)c1C. The topological polar surface area (TPSA) is 61.0 Å². The summed E-state index contributed by atoms with van der Waals surface area (Å²) >= 11 is 0. The average Bonchev–Trinajstić information content (AvgIpc) is 2.11. The van der Waals surface area contributed by atoms with Gasteiger partial charge in [0.25, 0.3) is 0 Å². The summed E-state index contributed by atoms with van der Waals surface area (Å²) in [6.45, 7) is 4.40. The maximum Gasteiger partial charge on any atom is 0.156 e. The highest BCUT2D eigenvalue weighted by Crippen LogP contribution is 2.12. The van der Waals surface area contributed by atoms with E-state index in [4.69, 9.17) is 10.5 Å². The first-order chi connectivity index (χ1) is 6.19. The summed E-state index contributed by atoms with van der Waals surface area (Å²) in [7, 11) is 1.62. The van der Waals surface area contributed by atoms with E-state index in [-0.39, 0.29) is 0 Å². The number of ether oxygens (including phenoxy) is 1. The van der Waals surface area contributed by atoms with Gasteiger partial charge < -0.3 is 10.5 Å². The molecule has 4 heteroatoms. The second-order valence-electron chi connectivity index (χ2n) is 2.88. The average molecular weight is 181 g/mol. The Balaban J connectivity index is 3.06. The molecule has 0 unspecified atom stereocenters. The van der Waals surface area contributed by atoms with E-state index >= 15 is 0 Å². The van der Waals surface area contributed by atoms with Gasteiger partial charge in [-0.05, 0) is 13.3 Å². The Hall–Kier alpha value is -1.16. The summed E-state index contributed by atoms with van der Waals surface area (Å²) < 4.78 is 4.94. The molecular weight excluding hydrogens is 166 g/mol. The Bertz CT molecular complexity index is 299. The van der Waals surface area contributed by atoms with Crippen molar-refractivity contribution < 1.29 is 4.74 Å². The van der Waals surface area contributed by atoms with E-state index in [1.807, 2.05) is 13.8 Å². The van der Waals surface area contributed by atoms with E-state index in [1.165, 1.54) is 0 Å². The predicted octanol–water partition coefficient (Wildman–Crippen LogP) is 1.08. The van der Waals surface area contributed by atoms with Crippen LogP contribution in [0.25, 0.3) is 0 Å². The van der Waals surface area contributed by atoms with Gasteiger partial charge in [-0.15, -0.1) is 0 Å². The van der Waals surface area contributed by atoms with Crippen molar-refractivity contribution in [1.82, 2.24) is 9.97 Å². The van der Waals surface area contributed by atoms with Gasteiger partial charge in [0.05, 0.1) is 0 Å². The smallest absolute Gasteiger partial charge is 0.156 e. The first-order valence-corrected chi connectivity index (χ1v) is 4.29. The number of nitrogen functional groups attached to an aromatic ring is 1. The summed E-state index contributed by atoms with van der Waals surface area (Å²) in [5.41, 5.74) is 7.69. The highest BCUT2D eigenvalue weighted by atomic mass is 16.5. The molecule has 4 nitrogen and oxygen atoms in total. The molecule has 1 aromatic rings. The van der Waals surface area contributed by atoms with Gasteiger partial charge in [0.15, 0.2) is 5.82 Å². The molecule has 0 aliphatic heterocycles. The van der Waals surface area contributed by atoms with Crippen LogP contribution in [0.1, 0.15) is 24.0 Å². The summed E-state index contributed by atoms with van der Waals surface area (Å²) in [5.74, 6) is 1.21. The lowest BCUT2D eigenvalue weighted by Gasteiger charge is -2.07. The molecule has 0 saturated carbocycles. The van der Waals surface area contributed by atoms with Crippen molar-refractivity contribution in [2.75, 3.05) is 12.8 Å². The summed E-state index contributed by atoms with van der Waals surface area (Å²) in [4.78, 5) is 8.44. The van der Waals surface area contributed by atoms with Crippen LogP contribution in [0.2, 0.25) is 0 Å². The number of anilines is 1. The first-order valence-electron chi connectivity index (χ1n) is 4.29. The zero-order chi connectivity index (χ0) is 9.84. The van der Waals surface area contributed by atoms with Gasteiger partial charge in [-0.3, -0.25) is 0 Å². The maximum absolute atomic E-state index is 5.72. The minimum atomic E-state index is 0.414. The molecule has 0 spiro atoms. The van der Waals surface area contributed by atoms with E-state index in [1.54, 1.807) is 7.11 Å². The highest BCUT2D eigenvalue weighted by molar-refractivity contribution is 5.40. The summed E-state index contributed by atoms with van der Waals surface area (Å²) in [6.07, 6.45) is 0.870. The fourth-order valence-corrected chi connectivity index (χ4v) is 1.17. The molecule has 1 heterocycles. The Morgan fingerprint density at radius 3 is 2.62 bits per heavy atom. The molecule has 2 N–H and O–H groups in total. The third-order valence-electron chi connectivity index (χ3n) is 1.94. The van der Waals surface area contributed by atoms with Gasteiger partial charge in [-0.1, -0.05) is 6.92 Å². The number of nitrogens with two attached hydrogens (primary N) is 1. The minimum Gasteiger partial charge on any atom is -0.383 e. The van der Waals surface area contributed by atoms with E-state index in [9.17, 15) is 0 Å². The van der Waals surface area contributed by atoms with Crippen LogP contribution >= 0.6 is 0 Å². The van der Waals surface area contributed by atoms with Gasteiger partial charge in [0, 0.05) is 18.4 Å². The number of rotatable bonds is 3. The van der Waals surface area contributed by atoms with Crippen LogP contribution in [0.15, 0.2) is 0 Å². The molecular formula is C9H15N3O. The third kappa shape index (κ3) is 2.15. The Morgan fingerprint density at radius 1 is 1.38 bits per heavy atom. The molecule has 0 atom stereocenters. The first kappa shape index (κ1) is 9.92. The van der Waals surface area contributed by atoms with Crippen LogP contribution in [0, 0.1) is 6.92 Å². The molecule has 0 bridgehead atoms. The Labute approximate surface area is 78.1 Å². The monoisotopic (exact) mass is 181 g/mol. The van der Waals surface area contributed by atoms with Crippen LogP contribution in [0.3, 0.4) is 0 Å². The van der Waals surface area contributed by atoms with E-state index in [0.29, 0.717) is 18.2 Å². The van der Waals surface area contributed by atoms with Crippen LogP contribution in [0.4, 0.5) is 5.82 Å². The molecule has 0 aliphatic carbocycles. The van der Waals surface area contributed by atoms with Crippen LogP contribution in [-0.2, 0) is 17.8 Å². The number of hydrogen-bond acceptors (Lipinski definition) is 4. The standard InChI is InChI=1S/C9H15N3O/c1-4-7-6(2)9(10)12-8(11-7)5-13-3/h4-5H2,1-3H3,(H2,10,11,12). The largest absolute Gasteiger partial charge is 0.383 e. The van der Waals surface area contributed by atoms with Crippen molar-refractivity contribution >= 4 is 5.82 Å². The van der Waals surface area contributed by atoms with E-state index in [0.717, 1.165) is 17.7 Å². The second-order valence-corrected chi connectivity index (χ2v) is 2.88. The van der Waals surface area contributed by atoms with Gasteiger partial charge in [0.2, 0.25) is 0 Å². The number of nitrogens with zero attached hydrogens (tertiary/aromatic N) is 2. The lowest BCUT2D eigenvalue weighted by Crippen LogP contribution is -2.07. The minimum absolute atomic E-state index is 0.414. The van der Waals surface area contributed by atoms with Crippen molar-refractivity contribution in [2.24, 2.45) is 0 Å². The van der Waals surface area contributed by atoms with Gasteiger partial charge in [-0.2, -0.15) is 0 Å². The molecule has 0 saturated heterocycles. The van der Waals surface area contributed by atoms with Crippen LogP contribution in [0.5, 0.6) is 0 Å². The molecule has 13 heavy (non-hydrogen) atoms. The molecule has 0 radical (unpaired) electrons. The number of hydrogen-bond donors (Lipinski definition) is 1. The van der Waals surface area contributed by atoms with Crippen molar-refractivity contribution in [3.63, 3.8) is 0 Å². The van der Waals surface area contributed by atoms with Crippen LogP contribution in [-0.4, -0.2) is 17.1 Å². The number of aryl methyl sites for hydroxylation is 1. The number of methoxy groups -OCH3 is 1. The van der Waals surface area contributed by atoms with Crippen LogP contribution < -0.4 is 5.73 Å². The highest BCUT2D eigenvalue weighted by Gasteiger charge is 2.06. The molecule has 1 aromatic heterocycles. The van der Waals surface area contributed by atoms with Crippen molar-refractivity contribution in [3.8, 4) is 0 Å².